The summed E-state index contributed by atoms with van der Waals surface area (Å²) in [6, 6.07) is 0. The first-order valence-electron chi connectivity index (χ1n) is 10.4. The largest absolute Gasteiger partial charge is 0.396 e. The molecule has 4 rings (SSSR count). The summed E-state index contributed by atoms with van der Waals surface area (Å²) in [6.45, 7) is 7.66. The molecule has 24 heavy (non-hydrogen) atoms. The predicted molar refractivity (Wildman–Crippen MR) is 97.4 cm³/mol. The van der Waals surface area contributed by atoms with E-state index in [1.54, 1.807) is 5.57 Å². The van der Waals surface area contributed by atoms with Gasteiger partial charge in [0.25, 0.3) is 0 Å². The molecular formula is C22H36O2. The van der Waals surface area contributed by atoms with Gasteiger partial charge in [0.05, 0.1) is 6.10 Å². The number of allylic oxidation sites excluding steroid dienone is 1. The highest BCUT2D eigenvalue weighted by molar-refractivity contribution is 5.25. The molecule has 0 aromatic carbocycles. The van der Waals surface area contributed by atoms with E-state index in [1.807, 2.05) is 0 Å². The van der Waals surface area contributed by atoms with Crippen LogP contribution < -0.4 is 0 Å². The highest BCUT2D eigenvalue weighted by atomic mass is 16.3. The normalized spacial score (nSPS) is 52.0. The third-order valence-electron chi connectivity index (χ3n) is 9.13. The van der Waals surface area contributed by atoms with Crippen LogP contribution in [0, 0.1) is 40.4 Å². The third kappa shape index (κ3) is 2.28. The first-order valence-corrected chi connectivity index (χ1v) is 10.4. The summed E-state index contributed by atoms with van der Waals surface area (Å²) in [4.78, 5) is 0. The van der Waals surface area contributed by atoms with Crippen LogP contribution in [0.25, 0.3) is 0 Å². The summed E-state index contributed by atoms with van der Waals surface area (Å²) in [7, 11) is 0. The molecule has 2 N–H and O–H groups in total. The number of hydrogen-bond donors (Lipinski definition) is 2. The summed E-state index contributed by atoms with van der Waals surface area (Å²) in [5.41, 5.74) is 2.37. The molecule has 2 nitrogen and oxygen atoms in total. The molecule has 8 atom stereocenters. The van der Waals surface area contributed by atoms with Crippen molar-refractivity contribution in [1.29, 1.82) is 0 Å². The Morgan fingerprint density at radius 1 is 1.12 bits per heavy atom. The number of rotatable bonds is 2. The fourth-order valence-corrected chi connectivity index (χ4v) is 7.74. The van der Waals surface area contributed by atoms with E-state index in [9.17, 15) is 10.2 Å². The minimum absolute atomic E-state index is 0.101. The van der Waals surface area contributed by atoms with Crippen LogP contribution in [0.3, 0.4) is 0 Å². The van der Waals surface area contributed by atoms with Gasteiger partial charge < -0.3 is 10.2 Å². The van der Waals surface area contributed by atoms with Gasteiger partial charge >= 0.3 is 0 Å². The second-order valence-corrected chi connectivity index (χ2v) is 10.0. The molecule has 4 aliphatic rings. The second kappa shape index (κ2) is 5.84. The van der Waals surface area contributed by atoms with E-state index in [4.69, 9.17) is 0 Å². The van der Waals surface area contributed by atoms with Crippen molar-refractivity contribution < 1.29 is 10.2 Å². The first kappa shape index (κ1) is 17.1. The molecule has 0 aromatic rings. The zero-order valence-corrected chi connectivity index (χ0v) is 15.8. The SMILES string of the molecule is C[C@H](CO)[C@H]1CC[C@H]2[C@@H]3CC=C4C[C@@H](O)CC[C@]4(C)[C@H]3CC[C@]12C. The van der Waals surface area contributed by atoms with Crippen molar-refractivity contribution in [3.05, 3.63) is 11.6 Å². The van der Waals surface area contributed by atoms with Crippen molar-refractivity contribution >= 4 is 0 Å². The zero-order valence-electron chi connectivity index (χ0n) is 15.8. The zero-order chi connectivity index (χ0) is 17.1. The fourth-order valence-electron chi connectivity index (χ4n) is 7.74. The number of aliphatic hydroxyl groups excluding tert-OH is 2. The minimum atomic E-state index is -0.101. The maximum atomic E-state index is 10.1. The second-order valence-electron chi connectivity index (χ2n) is 10.0. The van der Waals surface area contributed by atoms with Crippen LogP contribution in [0.5, 0.6) is 0 Å². The van der Waals surface area contributed by atoms with Gasteiger partial charge in [0.2, 0.25) is 0 Å². The van der Waals surface area contributed by atoms with Gasteiger partial charge in [0.1, 0.15) is 0 Å². The molecule has 0 bridgehead atoms. The molecule has 4 aliphatic carbocycles. The molecule has 3 fully saturated rings. The molecule has 0 heterocycles. The van der Waals surface area contributed by atoms with Gasteiger partial charge in [-0.15, -0.1) is 0 Å². The molecule has 0 spiro atoms. The Morgan fingerprint density at radius 3 is 2.67 bits per heavy atom. The first-order chi connectivity index (χ1) is 11.4. The smallest absolute Gasteiger partial charge is 0.0577 e. The summed E-state index contributed by atoms with van der Waals surface area (Å²) in [6.07, 6.45) is 12.1. The number of fused-ring (bicyclic) bond motifs is 5. The number of aliphatic hydroxyl groups is 2. The van der Waals surface area contributed by atoms with Crippen molar-refractivity contribution in [3.8, 4) is 0 Å². The van der Waals surface area contributed by atoms with E-state index >= 15 is 0 Å². The maximum Gasteiger partial charge on any atom is 0.0577 e. The fraction of sp³-hybridized carbons (Fsp3) is 0.909. The lowest BCUT2D eigenvalue weighted by Crippen LogP contribution is -2.51. The molecule has 0 aliphatic heterocycles. The minimum Gasteiger partial charge on any atom is -0.396 e. The van der Waals surface area contributed by atoms with Crippen molar-refractivity contribution in [3.63, 3.8) is 0 Å². The molecule has 0 saturated heterocycles. The van der Waals surface area contributed by atoms with E-state index in [-0.39, 0.29) is 6.10 Å². The van der Waals surface area contributed by atoms with Gasteiger partial charge in [0, 0.05) is 6.61 Å². The van der Waals surface area contributed by atoms with E-state index in [0.29, 0.717) is 29.3 Å². The highest BCUT2D eigenvalue weighted by Gasteiger charge is 2.59. The average Bonchev–Trinajstić information content (AvgIpc) is 2.92. The summed E-state index contributed by atoms with van der Waals surface area (Å²) < 4.78 is 0. The van der Waals surface area contributed by atoms with Crippen LogP contribution in [-0.4, -0.2) is 22.9 Å². The predicted octanol–water partition coefficient (Wildman–Crippen LogP) is 4.55. The van der Waals surface area contributed by atoms with Gasteiger partial charge in [-0.1, -0.05) is 32.4 Å². The van der Waals surface area contributed by atoms with Crippen molar-refractivity contribution in [1.82, 2.24) is 0 Å². The van der Waals surface area contributed by atoms with Crippen LogP contribution in [0.1, 0.15) is 72.1 Å². The topological polar surface area (TPSA) is 40.5 Å². The Hall–Kier alpha value is -0.340. The van der Waals surface area contributed by atoms with Crippen LogP contribution in [0.4, 0.5) is 0 Å². The average molecular weight is 333 g/mol. The Kier molecular flexibility index (Phi) is 4.16. The van der Waals surface area contributed by atoms with E-state index in [0.717, 1.165) is 30.6 Å². The molecule has 0 unspecified atom stereocenters. The van der Waals surface area contributed by atoms with Gasteiger partial charge in [-0.05, 0) is 91.8 Å². The number of hydrogen-bond acceptors (Lipinski definition) is 2. The molecular weight excluding hydrogens is 296 g/mol. The van der Waals surface area contributed by atoms with Crippen LogP contribution in [0.15, 0.2) is 11.6 Å². The van der Waals surface area contributed by atoms with Crippen LogP contribution in [-0.2, 0) is 0 Å². The maximum absolute atomic E-state index is 10.1. The van der Waals surface area contributed by atoms with Gasteiger partial charge in [-0.2, -0.15) is 0 Å². The molecule has 3 saturated carbocycles. The Labute approximate surface area is 147 Å². The highest BCUT2D eigenvalue weighted by Crippen LogP contribution is 2.67. The van der Waals surface area contributed by atoms with Crippen LogP contribution >= 0.6 is 0 Å². The third-order valence-corrected chi connectivity index (χ3v) is 9.13. The summed E-state index contributed by atoms with van der Waals surface area (Å²) in [5.74, 6) is 3.66. The summed E-state index contributed by atoms with van der Waals surface area (Å²) >= 11 is 0. The lowest BCUT2D eigenvalue weighted by molar-refractivity contribution is -0.0598. The van der Waals surface area contributed by atoms with Crippen molar-refractivity contribution in [2.24, 2.45) is 40.4 Å². The monoisotopic (exact) mass is 332 g/mol. The molecule has 0 aromatic heterocycles. The standard InChI is InChI=1S/C22H36O2/c1-14(13-23)18-6-7-19-17-5-4-15-12-16(24)8-10-21(15,2)20(17)9-11-22(18,19)3/h4,14,16-20,23-24H,5-13H2,1-3H3/t14-,16+,17+,18-,19+,20+,21+,22-/m1/s1. The van der Waals surface area contributed by atoms with Crippen LogP contribution in [0.2, 0.25) is 0 Å². The Balaban J connectivity index is 1.63. The molecule has 0 radical (unpaired) electrons. The molecule has 136 valence electrons. The van der Waals surface area contributed by atoms with E-state index in [1.165, 1.54) is 38.5 Å². The van der Waals surface area contributed by atoms with E-state index in [2.05, 4.69) is 26.8 Å². The molecule has 0 amide bonds. The van der Waals surface area contributed by atoms with Gasteiger partial charge in [0.15, 0.2) is 0 Å². The molecule has 2 heteroatoms. The summed E-state index contributed by atoms with van der Waals surface area (Å²) in [5, 5.41) is 19.8. The lowest BCUT2D eigenvalue weighted by Gasteiger charge is -2.58. The van der Waals surface area contributed by atoms with Crippen molar-refractivity contribution in [2.75, 3.05) is 6.61 Å². The van der Waals surface area contributed by atoms with Crippen molar-refractivity contribution in [2.45, 2.75) is 78.2 Å². The Bertz CT molecular complexity index is 526. The van der Waals surface area contributed by atoms with Gasteiger partial charge in [-0.3, -0.25) is 0 Å². The van der Waals surface area contributed by atoms with E-state index < -0.39 is 0 Å². The Morgan fingerprint density at radius 2 is 1.92 bits per heavy atom. The van der Waals surface area contributed by atoms with Gasteiger partial charge in [-0.25, -0.2) is 0 Å². The lowest BCUT2D eigenvalue weighted by atomic mass is 9.47. The quantitative estimate of drug-likeness (QED) is 0.728.